The number of sulfonamides is 1. The number of rotatable bonds is 6. The summed E-state index contributed by atoms with van der Waals surface area (Å²) >= 11 is 6.30. The van der Waals surface area contributed by atoms with Crippen molar-refractivity contribution >= 4 is 27.5 Å². The molecule has 0 radical (unpaired) electrons. The average Bonchev–Trinajstić information content (AvgIpc) is 3.59. The van der Waals surface area contributed by atoms with Gasteiger partial charge >= 0.3 is 0 Å². The smallest absolute Gasteiger partial charge is 0.254 e. The van der Waals surface area contributed by atoms with E-state index < -0.39 is 10.0 Å². The minimum atomic E-state index is -3.73. The molecule has 0 bridgehead atoms. The molecule has 1 heterocycles. The Morgan fingerprint density at radius 1 is 1.00 bits per heavy atom. The van der Waals surface area contributed by atoms with E-state index in [0.717, 1.165) is 44.1 Å². The van der Waals surface area contributed by atoms with Crippen LogP contribution < -0.4 is 0 Å². The van der Waals surface area contributed by atoms with Crippen LogP contribution in [0.15, 0.2) is 53.4 Å². The van der Waals surface area contributed by atoms with Crippen LogP contribution in [0.3, 0.4) is 0 Å². The van der Waals surface area contributed by atoms with Crippen LogP contribution in [0.25, 0.3) is 0 Å². The van der Waals surface area contributed by atoms with E-state index in [4.69, 9.17) is 11.6 Å². The molecule has 1 saturated heterocycles. The van der Waals surface area contributed by atoms with Gasteiger partial charge in [0.05, 0.1) is 5.02 Å². The Balaban J connectivity index is 1.62. The number of halogens is 1. The van der Waals surface area contributed by atoms with Crippen LogP contribution in [0.4, 0.5) is 0 Å². The SMILES string of the molecule is O=C(c1ccc(Cl)c(S(=O)(=O)N2CCCCCC2)c1)N(Cc1ccccc1)C1CC1. The average molecular weight is 447 g/mol. The number of amides is 1. The van der Waals surface area contributed by atoms with E-state index in [1.807, 2.05) is 35.2 Å². The maximum Gasteiger partial charge on any atom is 0.254 e. The van der Waals surface area contributed by atoms with Gasteiger partial charge in [-0.3, -0.25) is 4.79 Å². The molecule has 0 unspecified atom stereocenters. The molecule has 1 aliphatic carbocycles. The largest absolute Gasteiger partial charge is 0.331 e. The third-order valence-corrected chi connectivity index (χ3v) is 8.19. The molecule has 7 heteroatoms. The molecule has 4 rings (SSSR count). The lowest BCUT2D eigenvalue weighted by molar-refractivity contribution is 0.0729. The maximum absolute atomic E-state index is 13.3. The van der Waals surface area contributed by atoms with Gasteiger partial charge in [-0.15, -0.1) is 0 Å². The summed E-state index contributed by atoms with van der Waals surface area (Å²) in [6.45, 7) is 1.51. The maximum atomic E-state index is 13.3. The number of carbonyl (C=O) groups excluding carboxylic acids is 1. The molecule has 1 amide bonds. The number of hydrogen-bond donors (Lipinski definition) is 0. The van der Waals surface area contributed by atoms with Crippen molar-refractivity contribution in [2.75, 3.05) is 13.1 Å². The van der Waals surface area contributed by atoms with Crippen molar-refractivity contribution in [3.63, 3.8) is 0 Å². The van der Waals surface area contributed by atoms with Crippen LogP contribution in [0.1, 0.15) is 54.4 Å². The van der Waals surface area contributed by atoms with E-state index in [1.165, 1.54) is 16.4 Å². The Hall–Kier alpha value is -1.89. The molecule has 0 atom stereocenters. The summed E-state index contributed by atoms with van der Waals surface area (Å²) < 4.78 is 28.0. The monoisotopic (exact) mass is 446 g/mol. The second-order valence-corrected chi connectivity index (χ2v) is 10.4. The highest BCUT2D eigenvalue weighted by atomic mass is 35.5. The van der Waals surface area contributed by atoms with Crippen molar-refractivity contribution in [3.8, 4) is 0 Å². The van der Waals surface area contributed by atoms with E-state index in [2.05, 4.69) is 0 Å². The summed E-state index contributed by atoms with van der Waals surface area (Å²) in [6, 6.07) is 14.7. The Bertz CT molecular complexity index is 998. The predicted molar refractivity (Wildman–Crippen MR) is 118 cm³/mol. The van der Waals surface area contributed by atoms with Crippen molar-refractivity contribution in [2.24, 2.45) is 0 Å². The first kappa shape index (κ1) is 21.3. The molecular formula is C23H27ClN2O3S. The molecule has 2 aromatic rings. The Morgan fingerprint density at radius 2 is 1.67 bits per heavy atom. The molecule has 0 aromatic heterocycles. The van der Waals surface area contributed by atoms with Crippen LogP contribution in [0.5, 0.6) is 0 Å². The summed E-state index contributed by atoms with van der Waals surface area (Å²) in [4.78, 5) is 15.2. The van der Waals surface area contributed by atoms with E-state index >= 15 is 0 Å². The molecule has 160 valence electrons. The number of nitrogens with zero attached hydrogens (tertiary/aromatic N) is 2. The van der Waals surface area contributed by atoms with Gasteiger partial charge in [-0.1, -0.05) is 54.8 Å². The van der Waals surface area contributed by atoms with Gasteiger partial charge in [0.1, 0.15) is 4.90 Å². The minimum Gasteiger partial charge on any atom is -0.331 e. The molecule has 5 nitrogen and oxygen atoms in total. The number of carbonyl (C=O) groups is 1. The van der Waals surface area contributed by atoms with Gasteiger partial charge in [0.2, 0.25) is 10.0 Å². The zero-order valence-corrected chi connectivity index (χ0v) is 18.5. The van der Waals surface area contributed by atoms with Crippen molar-refractivity contribution in [1.29, 1.82) is 0 Å². The fourth-order valence-electron chi connectivity index (χ4n) is 3.95. The lowest BCUT2D eigenvalue weighted by Gasteiger charge is -2.24. The highest BCUT2D eigenvalue weighted by Gasteiger charge is 2.34. The molecular weight excluding hydrogens is 420 g/mol. The Labute approximate surface area is 183 Å². The summed E-state index contributed by atoms with van der Waals surface area (Å²) in [5, 5.41) is 0.164. The molecule has 1 aliphatic heterocycles. The lowest BCUT2D eigenvalue weighted by atomic mass is 10.1. The van der Waals surface area contributed by atoms with Crippen molar-refractivity contribution in [3.05, 3.63) is 64.7 Å². The molecule has 30 heavy (non-hydrogen) atoms. The third kappa shape index (κ3) is 4.71. The van der Waals surface area contributed by atoms with E-state index in [-0.39, 0.29) is 21.9 Å². The third-order valence-electron chi connectivity index (χ3n) is 5.81. The first-order chi connectivity index (χ1) is 14.5. The molecule has 1 saturated carbocycles. The van der Waals surface area contributed by atoms with E-state index in [1.54, 1.807) is 6.07 Å². The summed E-state index contributed by atoms with van der Waals surface area (Å²) in [6.07, 6.45) is 5.72. The molecule has 0 N–H and O–H groups in total. The summed E-state index contributed by atoms with van der Waals surface area (Å²) in [5.41, 5.74) is 1.43. The van der Waals surface area contributed by atoms with Gasteiger partial charge in [-0.2, -0.15) is 4.31 Å². The van der Waals surface area contributed by atoms with Gasteiger partial charge in [0, 0.05) is 31.2 Å². The standard InChI is InChI=1S/C23H27ClN2O3S/c24-21-13-10-19(16-22(21)30(28,29)25-14-6-1-2-7-15-25)23(27)26(20-11-12-20)17-18-8-4-3-5-9-18/h3-5,8-10,13,16,20H,1-2,6-7,11-12,14-15,17H2. The quantitative estimate of drug-likeness (QED) is 0.645. The fraction of sp³-hybridized carbons (Fsp3) is 0.435. The highest BCUT2D eigenvalue weighted by Crippen LogP contribution is 2.32. The van der Waals surface area contributed by atoms with Crippen LogP contribution in [-0.4, -0.2) is 42.7 Å². The van der Waals surface area contributed by atoms with Gasteiger partial charge in [0.15, 0.2) is 0 Å². The summed E-state index contributed by atoms with van der Waals surface area (Å²) in [5.74, 6) is -0.148. The van der Waals surface area contributed by atoms with Crippen molar-refractivity contribution in [1.82, 2.24) is 9.21 Å². The van der Waals surface area contributed by atoms with Crippen LogP contribution in [0.2, 0.25) is 5.02 Å². The zero-order valence-electron chi connectivity index (χ0n) is 17.0. The number of benzene rings is 2. The predicted octanol–water partition coefficient (Wildman–Crippen LogP) is 4.71. The van der Waals surface area contributed by atoms with Crippen LogP contribution in [-0.2, 0) is 16.6 Å². The topological polar surface area (TPSA) is 57.7 Å². The lowest BCUT2D eigenvalue weighted by Crippen LogP contribution is -2.34. The minimum absolute atomic E-state index is 0.0346. The second-order valence-electron chi connectivity index (χ2n) is 8.11. The normalized spacial score (nSPS) is 18.0. The van der Waals surface area contributed by atoms with Gasteiger partial charge in [-0.05, 0) is 49.4 Å². The van der Waals surface area contributed by atoms with E-state index in [9.17, 15) is 13.2 Å². The number of hydrogen-bond acceptors (Lipinski definition) is 3. The molecule has 2 aromatic carbocycles. The van der Waals surface area contributed by atoms with Crippen LogP contribution in [0, 0.1) is 0 Å². The Morgan fingerprint density at radius 3 is 2.30 bits per heavy atom. The van der Waals surface area contributed by atoms with E-state index in [0.29, 0.717) is 25.2 Å². The highest BCUT2D eigenvalue weighted by molar-refractivity contribution is 7.89. The molecule has 2 aliphatic rings. The fourth-order valence-corrected chi connectivity index (χ4v) is 5.97. The molecule has 2 fully saturated rings. The summed E-state index contributed by atoms with van der Waals surface area (Å²) in [7, 11) is -3.73. The zero-order chi connectivity index (χ0) is 21.1. The molecule has 0 spiro atoms. The van der Waals surface area contributed by atoms with Crippen molar-refractivity contribution < 1.29 is 13.2 Å². The van der Waals surface area contributed by atoms with Crippen LogP contribution >= 0.6 is 11.6 Å². The first-order valence-electron chi connectivity index (χ1n) is 10.6. The Kier molecular flexibility index (Phi) is 6.46. The second kappa shape index (κ2) is 9.08. The van der Waals surface area contributed by atoms with Gasteiger partial charge < -0.3 is 4.90 Å². The first-order valence-corrected chi connectivity index (χ1v) is 12.4. The van der Waals surface area contributed by atoms with Gasteiger partial charge in [-0.25, -0.2) is 8.42 Å². The van der Waals surface area contributed by atoms with Crippen molar-refractivity contribution in [2.45, 2.75) is 56.0 Å². The van der Waals surface area contributed by atoms with Gasteiger partial charge in [0.25, 0.3) is 5.91 Å².